The van der Waals surface area contributed by atoms with E-state index in [9.17, 15) is 4.79 Å². The predicted molar refractivity (Wildman–Crippen MR) is 52.6 cm³/mol. The molecular weight excluding hydrogens is 170 g/mol. The molecule has 0 amide bonds. The van der Waals surface area contributed by atoms with E-state index in [2.05, 4.69) is 4.98 Å². The van der Waals surface area contributed by atoms with Gasteiger partial charge in [0.1, 0.15) is 5.69 Å². The Hall–Kier alpha value is -1.72. The molecule has 6 heteroatoms. The fourth-order valence-corrected chi connectivity index (χ4v) is 0.965. The van der Waals surface area contributed by atoms with Crippen LogP contribution in [0, 0.1) is 0 Å². The minimum absolute atomic E-state index is 0.113. The van der Waals surface area contributed by atoms with Crippen molar-refractivity contribution in [1.82, 2.24) is 9.55 Å². The second-order valence-corrected chi connectivity index (χ2v) is 2.97. The van der Waals surface area contributed by atoms with E-state index in [4.69, 9.17) is 11.5 Å². The Kier molecular flexibility index (Phi) is 2.14. The number of nitrogens with zero attached hydrogens (tertiary/aromatic N) is 3. The average Bonchev–Trinajstić information content (AvgIpc) is 2.07. The number of hydrogen-bond donors (Lipinski definition) is 2. The van der Waals surface area contributed by atoms with Gasteiger partial charge in [0.05, 0.1) is 0 Å². The van der Waals surface area contributed by atoms with Crippen LogP contribution in [0.4, 0.5) is 17.5 Å². The second kappa shape index (κ2) is 2.96. The molecule has 1 rings (SSSR count). The zero-order valence-electron chi connectivity index (χ0n) is 7.90. The SMILES string of the molecule is CN(C)c1nc(N)n(C)c(=O)c1N. The summed E-state index contributed by atoms with van der Waals surface area (Å²) in [7, 11) is 5.02. The normalized spacial score (nSPS) is 10.1. The predicted octanol–water partition coefficient (Wildman–Crippen LogP) is -0.989. The molecule has 0 aliphatic carbocycles. The molecule has 0 saturated heterocycles. The summed E-state index contributed by atoms with van der Waals surface area (Å²) in [6.45, 7) is 0. The van der Waals surface area contributed by atoms with Crippen LogP contribution >= 0.6 is 0 Å². The molecule has 0 aliphatic rings. The first-order valence-corrected chi connectivity index (χ1v) is 3.74. The molecule has 0 spiro atoms. The number of aromatic nitrogens is 2. The molecule has 1 aromatic rings. The van der Waals surface area contributed by atoms with Gasteiger partial charge in [-0.3, -0.25) is 9.36 Å². The zero-order chi connectivity index (χ0) is 10.2. The van der Waals surface area contributed by atoms with Crippen molar-refractivity contribution in [1.29, 1.82) is 0 Å². The number of hydrogen-bond acceptors (Lipinski definition) is 5. The Bertz CT molecular complexity index is 381. The van der Waals surface area contributed by atoms with Gasteiger partial charge in [0.25, 0.3) is 5.56 Å². The van der Waals surface area contributed by atoms with Gasteiger partial charge in [0, 0.05) is 21.1 Å². The maximum Gasteiger partial charge on any atom is 0.280 e. The molecule has 0 aliphatic heterocycles. The van der Waals surface area contributed by atoms with E-state index in [0.29, 0.717) is 5.82 Å². The second-order valence-electron chi connectivity index (χ2n) is 2.97. The minimum atomic E-state index is -0.323. The highest BCUT2D eigenvalue weighted by atomic mass is 16.1. The third kappa shape index (κ3) is 1.42. The van der Waals surface area contributed by atoms with Gasteiger partial charge in [-0.05, 0) is 0 Å². The van der Waals surface area contributed by atoms with Crippen LogP contribution in [-0.2, 0) is 7.05 Å². The molecule has 0 radical (unpaired) electrons. The van der Waals surface area contributed by atoms with Gasteiger partial charge in [-0.1, -0.05) is 0 Å². The minimum Gasteiger partial charge on any atom is -0.391 e. The molecule has 0 bridgehead atoms. The summed E-state index contributed by atoms with van der Waals surface area (Å²) < 4.78 is 1.21. The number of nitrogen functional groups attached to an aromatic ring is 2. The lowest BCUT2D eigenvalue weighted by Crippen LogP contribution is -2.28. The van der Waals surface area contributed by atoms with Crippen molar-refractivity contribution in [3.63, 3.8) is 0 Å². The van der Waals surface area contributed by atoms with E-state index < -0.39 is 0 Å². The van der Waals surface area contributed by atoms with Gasteiger partial charge in [0.2, 0.25) is 5.95 Å². The van der Waals surface area contributed by atoms with Crippen molar-refractivity contribution in [2.75, 3.05) is 30.5 Å². The van der Waals surface area contributed by atoms with Crippen molar-refractivity contribution in [2.45, 2.75) is 0 Å². The van der Waals surface area contributed by atoms with Crippen molar-refractivity contribution in [3.8, 4) is 0 Å². The van der Waals surface area contributed by atoms with Gasteiger partial charge in [-0.25, -0.2) is 0 Å². The summed E-state index contributed by atoms with van der Waals surface area (Å²) in [6, 6.07) is 0. The van der Waals surface area contributed by atoms with Crippen LogP contribution in [0.1, 0.15) is 0 Å². The Morgan fingerprint density at radius 1 is 1.38 bits per heavy atom. The van der Waals surface area contributed by atoms with Crippen LogP contribution in [0.3, 0.4) is 0 Å². The first kappa shape index (κ1) is 9.37. The van der Waals surface area contributed by atoms with E-state index in [1.807, 2.05) is 0 Å². The summed E-state index contributed by atoms with van der Waals surface area (Å²) in [6.07, 6.45) is 0. The molecule has 1 heterocycles. The Balaban J connectivity index is 3.51. The number of anilines is 3. The van der Waals surface area contributed by atoms with Crippen molar-refractivity contribution in [2.24, 2.45) is 7.05 Å². The van der Waals surface area contributed by atoms with Crippen molar-refractivity contribution >= 4 is 17.5 Å². The molecule has 0 saturated carbocycles. The van der Waals surface area contributed by atoms with Crippen LogP contribution in [0.25, 0.3) is 0 Å². The molecule has 4 N–H and O–H groups in total. The molecule has 0 aromatic carbocycles. The maximum atomic E-state index is 11.4. The molecular formula is C7H13N5O. The highest BCUT2D eigenvalue weighted by molar-refractivity contribution is 5.62. The smallest absolute Gasteiger partial charge is 0.280 e. The van der Waals surface area contributed by atoms with Gasteiger partial charge in [0.15, 0.2) is 5.82 Å². The topological polar surface area (TPSA) is 90.2 Å². The third-order valence-corrected chi connectivity index (χ3v) is 1.76. The fraction of sp³-hybridized carbons (Fsp3) is 0.429. The van der Waals surface area contributed by atoms with Gasteiger partial charge in [-0.15, -0.1) is 0 Å². The van der Waals surface area contributed by atoms with E-state index in [0.717, 1.165) is 0 Å². The summed E-state index contributed by atoms with van der Waals surface area (Å²) in [4.78, 5) is 17.0. The van der Waals surface area contributed by atoms with Crippen LogP contribution in [0.2, 0.25) is 0 Å². The molecule has 13 heavy (non-hydrogen) atoms. The first-order valence-electron chi connectivity index (χ1n) is 3.74. The summed E-state index contributed by atoms with van der Waals surface area (Å²) in [5.74, 6) is 0.559. The Morgan fingerprint density at radius 2 is 1.92 bits per heavy atom. The van der Waals surface area contributed by atoms with Gasteiger partial charge in [-0.2, -0.15) is 4.98 Å². The summed E-state index contributed by atoms with van der Waals surface area (Å²) in [5, 5.41) is 0. The lowest BCUT2D eigenvalue weighted by molar-refractivity contribution is 0.841. The number of nitrogens with two attached hydrogens (primary N) is 2. The van der Waals surface area contributed by atoms with Crippen LogP contribution in [-0.4, -0.2) is 23.6 Å². The third-order valence-electron chi connectivity index (χ3n) is 1.76. The van der Waals surface area contributed by atoms with E-state index in [-0.39, 0.29) is 17.2 Å². The first-order chi connectivity index (χ1) is 5.95. The lowest BCUT2D eigenvalue weighted by Gasteiger charge is -2.14. The largest absolute Gasteiger partial charge is 0.391 e. The van der Waals surface area contributed by atoms with Gasteiger partial charge < -0.3 is 16.4 Å². The lowest BCUT2D eigenvalue weighted by atomic mass is 10.4. The summed E-state index contributed by atoms with van der Waals surface area (Å²) in [5.41, 5.74) is 10.8. The van der Waals surface area contributed by atoms with Crippen molar-refractivity contribution < 1.29 is 0 Å². The highest BCUT2D eigenvalue weighted by Crippen LogP contribution is 2.13. The van der Waals surface area contributed by atoms with Crippen LogP contribution < -0.4 is 21.9 Å². The zero-order valence-corrected chi connectivity index (χ0v) is 7.90. The fourth-order valence-electron chi connectivity index (χ4n) is 0.965. The summed E-state index contributed by atoms with van der Waals surface area (Å²) >= 11 is 0. The molecule has 0 unspecified atom stereocenters. The standard InChI is InChI=1S/C7H13N5O/c1-11(2)5-4(8)6(13)12(3)7(9)10-5/h8H2,1-3H3,(H2,9,10). The molecule has 0 atom stereocenters. The van der Waals surface area contributed by atoms with Gasteiger partial charge >= 0.3 is 0 Å². The highest BCUT2D eigenvalue weighted by Gasteiger charge is 2.10. The molecule has 1 aromatic heterocycles. The van der Waals surface area contributed by atoms with E-state index in [1.165, 1.54) is 11.6 Å². The Morgan fingerprint density at radius 3 is 2.38 bits per heavy atom. The molecule has 0 fully saturated rings. The average molecular weight is 183 g/mol. The molecule has 6 nitrogen and oxygen atoms in total. The van der Waals surface area contributed by atoms with E-state index in [1.54, 1.807) is 19.0 Å². The Labute approximate surface area is 75.8 Å². The monoisotopic (exact) mass is 183 g/mol. The van der Waals surface area contributed by atoms with Crippen LogP contribution in [0.5, 0.6) is 0 Å². The van der Waals surface area contributed by atoms with E-state index >= 15 is 0 Å². The quantitative estimate of drug-likeness (QED) is 0.583. The maximum absolute atomic E-state index is 11.4. The number of rotatable bonds is 1. The molecule has 72 valence electrons. The van der Waals surface area contributed by atoms with Crippen LogP contribution in [0.15, 0.2) is 4.79 Å². The van der Waals surface area contributed by atoms with Crippen molar-refractivity contribution in [3.05, 3.63) is 10.4 Å².